The van der Waals surface area contributed by atoms with E-state index in [1.54, 1.807) is 5.01 Å². The van der Waals surface area contributed by atoms with Crippen molar-refractivity contribution in [2.75, 3.05) is 0 Å². The zero-order chi connectivity index (χ0) is 10.0. The van der Waals surface area contributed by atoms with E-state index in [-0.39, 0.29) is 11.9 Å². The maximum Gasteiger partial charge on any atom is 0.225 e. The molecule has 1 aliphatic rings. The smallest absolute Gasteiger partial charge is 0.225 e. The van der Waals surface area contributed by atoms with E-state index in [0.29, 0.717) is 18.7 Å². The van der Waals surface area contributed by atoms with E-state index in [2.05, 4.69) is 5.32 Å². The van der Waals surface area contributed by atoms with Gasteiger partial charge in [0.2, 0.25) is 5.91 Å². The first kappa shape index (κ1) is 9.85. The van der Waals surface area contributed by atoms with Crippen LogP contribution in [-0.2, 0) is 4.79 Å². The van der Waals surface area contributed by atoms with Crippen LogP contribution in [0.4, 0.5) is 0 Å². The SMILES string of the molecule is CC(C)N(N)C1=C(N)NC(=O)CC1. The largest absolute Gasteiger partial charge is 0.384 e. The molecule has 0 atom stereocenters. The minimum Gasteiger partial charge on any atom is -0.384 e. The molecule has 1 amide bonds. The van der Waals surface area contributed by atoms with Crippen molar-refractivity contribution in [2.24, 2.45) is 11.6 Å². The molecule has 5 heteroatoms. The predicted octanol–water partition coefficient (Wildman–Crippen LogP) is -0.392. The number of hydrazine groups is 1. The second-order valence-corrected chi connectivity index (χ2v) is 3.41. The highest BCUT2D eigenvalue weighted by Crippen LogP contribution is 2.15. The number of carbonyl (C=O) groups excluding carboxylic acids is 1. The normalized spacial score (nSPS) is 17.7. The molecule has 0 saturated heterocycles. The number of hydrogen-bond acceptors (Lipinski definition) is 4. The summed E-state index contributed by atoms with van der Waals surface area (Å²) in [5.41, 5.74) is 6.45. The molecule has 1 heterocycles. The lowest BCUT2D eigenvalue weighted by atomic mass is 10.1. The van der Waals surface area contributed by atoms with Gasteiger partial charge in [-0.25, -0.2) is 5.84 Å². The van der Waals surface area contributed by atoms with Gasteiger partial charge in [0, 0.05) is 18.9 Å². The van der Waals surface area contributed by atoms with Gasteiger partial charge in [-0.3, -0.25) is 4.79 Å². The summed E-state index contributed by atoms with van der Waals surface area (Å²) in [5.74, 6) is 6.11. The number of amides is 1. The summed E-state index contributed by atoms with van der Waals surface area (Å²) in [4.78, 5) is 10.9. The molecule has 0 unspecified atom stereocenters. The predicted molar refractivity (Wildman–Crippen MR) is 49.8 cm³/mol. The third kappa shape index (κ3) is 2.12. The highest BCUT2D eigenvalue weighted by atomic mass is 16.1. The van der Waals surface area contributed by atoms with E-state index in [1.807, 2.05) is 13.8 Å². The van der Waals surface area contributed by atoms with Crippen LogP contribution in [-0.4, -0.2) is 17.0 Å². The van der Waals surface area contributed by atoms with Crippen LogP contribution in [0.5, 0.6) is 0 Å². The molecule has 1 aliphatic heterocycles. The first-order valence-corrected chi connectivity index (χ1v) is 4.34. The Morgan fingerprint density at radius 3 is 2.54 bits per heavy atom. The molecule has 0 bridgehead atoms. The van der Waals surface area contributed by atoms with Crippen LogP contribution in [0.2, 0.25) is 0 Å². The van der Waals surface area contributed by atoms with Crippen molar-refractivity contribution < 1.29 is 4.79 Å². The number of nitrogens with zero attached hydrogens (tertiary/aromatic N) is 1. The molecule has 0 fully saturated rings. The standard InChI is InChI=1S/C8H16N4O/c1-5(2)12(10)6-3-4-7(13)11-8(6)9/h5H,3-4,9-10H2,1-2H3,(H,11,13). The van der Waals surface area contributed by atoms with Gasteiger partial charge in [0.1, 0.15) is 5.82 Å². The topological polar surface area (TPSA) is 84.4 Å². The number of rotatable bonds is 2. The van der Waals surface area contributed by atoms with Crippen LogP contribution in [0.25, 0.3) is 0 Å². The fourth-order valence-electron chi connectivity index (χ4n) is 1.23. The Balaban J connectivity index is 2.78. The fourth-order valence-corrected chi connectivity index (χ4v) is 1.23. The Bertz CT molecular complexity index is 247. The van der Waals surface area contributed by atoms with Crippen LogP contribution in [0.3, 0.4) is 0 Å². The average molecular weight is 184 g/mol. The molecular weight excluding hydrogens is 168 g/mol. The lowest BCUT2D eigenvalue weighted by Gasteiger charge is -2.29. The van der Waals surface area contributed by atoms with Crippen molar-refractivity contribution in [1.82, 2.24) is 10.3 Å². The molecule has 0 radical (unpaired) electrons. The summed E-state index contributed by atoms with van der Waals surface area (Å²) in [5, 5.41) is 4.15. The maximum absolute atomic E-state index is 10.9. The molecule has 0 aromatic carbocycles. The van der Waals surface area contributed by atoms with Gasteiger partial charge in [-0.1, -0.05) is 0 Å². The molecule has 74 valence electrons. The van der Waals surface area contributed by atoms with Crippen molar-refractivity contribution in [3.05, 3.63) is 11.5 Å². The molecule has 5 nitrogen and oxygen atoms in total. The molecule has 0 aliphatic carbocycles. The van der Waals surface area contributed by atoms with Crippen LogP contribution in [0.15, 0.2) is 11.5 Å². The zero-order valence-electron chi connectivity index (χ0n) is 8.00. The van der Waals surface area contributed by atoms with E-state index in [9.17, 15) is 4.79 Å². The molecule has 13 heavy (non-hydrogen) atoms. The summed E-state index contributed by atoms with van der Waals surface area (Å²) < 4.78 is 0. The van der Waals surface area contributed by atoms with Crippen molar-refractivity contribution in [3.8, 4) is 0 Å². The highest BCUT2D eigenvalue weighted by Gasteiger charge is 2.20. The van der Waals surface area contributed by atoms with Crippen molar-refractivity contribution in [1.29, 1.82) is 0 Å². The second-order valence-electron chi connectivity index (χ2n) is 3.41. The van der Waals surface area contributed by atoms with Crippen LogP contribution < -0.4 is 16.9 Å². The summed E-state index contributed by atoms with van der Waals surface area (Å²) in [6.45, 7) is 3.94. The molecule has 0 aromatic rings. The highest BCUT2D eigenvalue weighted by molar-refractivity contribution is 5.79. The number of nitrogens with one attached hydrogen (secondary N) is 1. The maximum atomic E-state index is 10.9. The van der Waals surface area contributed by atoms with Gasteiger partial charge in [-0.15, -0.1) is 0 Å². The van der Waals surface area contributed by atoms with E-state index >= 15 is 0 Å². The second kappa shape index (κ2) is 3.66. The van der Waals surface area contributed by atoms with E-state index in [4.69, 9.17) is 11.6 Å². The first-order chi connectivity index (χ1) is 6.02. The summed E-state index contributed by atoms with van der Waals surface area (Å²) >= 11 is 0. The van der Waals surface area contributed by atoms with Gasteiger partial charge in [-0.2, -0.15) is 0 Å². The monoisotopic (exact) mass is 184 g/mol. The van der Waals surface area contributed by atoms with Crippen molar-refractivity contribution in [2.45, 2.75) is 32.7 Å². The minimum absolute atomic E-state index is 0.0431. The summed E-state index contributed by atoms with van der Waals surface area (Å²) in [6.07, 6.45) is 1.07. The van der Waals surface area contributed by atoms with Crippen LogP contribution in [0, 0.1) is 0 Å². The number of allylic oxidation sites excluding steroid dienone is 1. The molecule has 0 spiro atoms. The lowest BCUT2D eigenvalue weighted by Crippen LogP contribution is -2.43. The number of nitrogens with two attached hydrogens (primary N) is 2. The van der Waals surface area contributed by atoms with Gasteiger partial charge in [0.05, 0.1) is 5.70 Å². The van der Waals surface area contributed by atoms with E-state index in [0.717, 1.165) is 5.70 Å². The fraction of sp³-hybridized carbons (Fsp3) is 0.625. The van der Waals surface area contributed by atoms with Crippen molar-refractivity contribution in [3.63, 3.8) is 0 Å². The van der Waals surface area contributed by atoms with Gasteiger partial charge in [-0.05, 0) is 13.8 Å². The van der Waals surface area contributed by atoms with E-state index in [1.165, 1.54) is 0 Å². The van der Waals surface area contributed by atoms with Gasteiger partial charge < -0.3 is 16.1 Å². The molecular formula is C8H16N4O. The summed E-state index contributed by atoms with van der Waals surface area (Å²) in [6, 6.07) is 0.184. The molecule has 5 N–H and O–H groups in total. The van der Waals surface area contributed by atoms with Crippen LogP contribution >= 0.6 is 0 Å². The quantitative estimate of drug-likeness (QED) is 0.403. The minimum atomic E-state index is -0.0431. The average Bonchev–Trinajstić information content (AvgIpc) is 2.03. The Labute approximate surface area is 77.7 Å². The third-order valence-corrected chi connectivity index (χ3v) is 2.04. The van der Waals surface area contributed by atoms with Gasteiger partial charge in [0.25, 0.3) is 0 Å². The van der Waals surface area contributed by atoms with E-state index < -0.39 is 0 Å². The zero-order valence-corrected chi connectivity index (χ0v) is 8.00. The number of carbonyl (C=O) groups is 1. The van der Waals surface area contributed by atoms with Gasteiger partial charge >= 0.3 is 0 Å². The Kier molecular flexibility index (Phi) is 2.77. The Morgan fingerprint density at radius 1 is 1.46 bits per heavy atom. The number of hydrogen-bond donors (Lipinski definition) is 3. The first-order valence-electron chi connectivity index (χ1n) is 4.34. The molecule has 0 saturated carbocycles. The third-order valence-electron chi connectivity index (χ3n) is 2.04. The molecule has 1 rings (SSSR count). The van der Waals surface area contributed by atoms with Crippen LogP contribution in [0.1, 0.15) is 26.7 Å². The lowest BCUT2D eigenvalue weighted by molar-refractivity contribution is -0.121. The van der Waals surface area contributed by atoms with Crippen molar-refractivity contribution >= 4 is 5.91 Å². The van der Waals surface area contributed by atoms with Gasteiger partial charge in [0.15, 0.2) is 0 Å². The summed E-state index contributed by atoms with van der Waals surface area (Å²) in [7, 11) is 0. The molecule has 0 aromatic heterocycles. The Hall–Kier alpha value is -1.23. The Morgan fingerprint density at radius 2 is 2.08 bits per heavy atom.